The van der Waals surface area contributed by atoms with Crippen LogP contribution in [-0.2, 0) is 14.4 Å². The standard InChI is InChI=1S/C29H36N6O3S/c1-18(30-3)27(37)32-25(21-12-16-34(17-13-21)19(2)36)29(38)35-15-7-10-22(35)28-33-26-23(39-28)11-14-31-24(26)20-8-5-4-6-9-20/h4-6,8-9,11,14,18,21-22,25,30H,7,10,12-13,15-17H2,1-3H3,(H,32,37)/t18-,22-,25-/m0/s1. The number of pyridine rings is 1. The molecule has 3 aromatic rings. The molecule has 0 spiro atoms. The van der Waals surface area contributed by atoms with Gasteiger partial charge in [0.15, 0.2) is 0 Å². The third-order valence-electron chi connectivity index (χ3n) is 8.04. The van der Waals surface area contributed by atoms with E-state index in [0.717, 1.165) is 39.3 Å². The number of nitrogens with one attached hydrogen (secondary N) is 2. The van der Waals surface area contributed by atoms with E-state index in [2.05, 4.69) is 15.6 Å². The van der Waals surface area contributed by atoms with E-state index in [1.807, 2.05) is 52.4 Å². The minimum absolute atomic E-state index is 0.0355. The van der Waals surface area contributed by atoms with Crippen molar-refractivity contribution in [2.75, 3.05) is 26.7 Å². The normalized spacial score (nSPS) is 19.7. The molecule has 4 heterocycles. The average Bonchev–Trinajstić information content (AvgIpc) is 3.63. The Kier molecular flexibility index (Phi) is 8.23. The second-order valence-corrected chi connectivity index (χ2v) is 11.5. The quantitative estimate of drug-likeness (QED) is 0.469. The lowest BCUT2D eigenvalue weighted by Crippen LogP contribution is -2.57. The fraction of sp³-hybridized carbons (Fsp3) is 0.483. The maximum absolute atomic E-state index is 14.2. The highest BCUT2D eigenvalue weighted by Crippen LogP contribution is 2.39. The molecule has 2 aromatic heterocycles. The molecule has 206 valence electrons. The van der Waals surface area contributed by atoms with Crippen molar-refractivity contribution in [2.45, 2.75) is 57.7 Å². The van der Waals surface area contributed by atoms with Crippen LogP contribution in [0, 0.1) is 5.92 Å². The van der Waals surface area contributed by atoms with Gasteiger partial charge in [0.1, 0.15) is 16.6 Å². The molecule has 3 amide bonds. The van der Waals surface area contributed by atoms with E-state index >= 15 is 0 Å². The van der Waals surface area contributed by atoms with E-state index in [1.165, 1.54) is 0 Å². The number of carbonyl (C=O) groups excluding carboxylic acids is 3. The summed E-state index contributed by atoms with van der Waals surface area (Å²) in [6.45, 7) is 5.18. The smallest absolute Gasteiger partial charge is 0.246 e. The third-order valence-corrected chi connectivity index (χ3v) is 9.16. The first-order valence-electron chi connectivity index (χ1n) is 13.7. The Morgan fingerprint density at radius 1 is 1.05 bits per heavy atom. The van der Waals surface area contributed by atoms with Crippen LogP contribution in [0.15, 0.2) is 42.6 Å². The second-order valence-electron chi connectivity index (χ2n) is 10.5. The number of likely N-dealkylation sites (N-methyl/N-ethyl adjacent to an activating group) is 1. The highest BCUT2D eigenvalue weighted by atomic mass is 32.1. The molecule has 2 saturated heterocycles. The Hall–Kier alpha value is -3.37. The number of aromatic nitrogens is 2. The van der Waals surface area contributed by atoms with Crippen LogP contribution in [0.1, 0.15) is 50.6 Å². The SMILES string of the molecule is CN[C@@H](C)C(=O)N[C@H](C(=O)N1CCC[C@H]1c1nc2c(-c3ccccc3)nccc2s1)C1CCN(C(C)=O)CC1. The molecule has 2 aliphatic heterocycles. The minimum atomic E-state index is -0.640. The van der Waals surface area contributed by atoms with Gasteiger partial charge in [0, 0.05) is 38.3 Å². The van der Waals surface area contributed by atoms with E-state index < -0.39 is 12.1 Å². The van der Waals surface area contributed by atoms with Crippen LogP contribution in [0.5, 0.6) is 0 Å². The van der Waals surface area contributed by atoms with Crippen molar-refractivity contribution in [2.24, 2.45) is 5.92 Å². The molecule has 0 bridgehead atoms. The summed E-state index contributed by atoms with van der Waals surface area (Å²) < 4.78 is 1.04. The zero-order valence-corrected chi connectivity index (χ0v) is 23.5. The van der Waals surface area contributed by atoms with Crippen LogP contribution >= 0.6 is 11.3 Å². The fourth-order valence-corrected chi connectivity index (χ4v) is 6.74. The van der Waals surface area contributed by atoms with Crippen molar-refractivity contribution in [3.8, 4) is 11.3 Å². The number of carbonyl (C=O) groups is 3. The highest BCUT2D eigenvalue weighted by Gasteiger charge is 2.41. The number of hydrogen-bond donors (Lipinski definition) is 2. The molecule has 2 aliphatic rings. The molecule has 1 aromatic carbocycles. The summed E-state index contributed by atoms with van der Waals surface area (Å²) in [6.07, 6.45) is 4.88. The molecular formula is C29H36N6O3S. The zero-order valence-electron chi connectivity index (χ0n) is 22.7. The molecule has 2 fully saturated rings. The summed E-state index contributed by atoms with van der Waals surface area (Å²) in [5, 5.41) is 6.94. The van der Waals surface area contributed by atoms with Gasteiger partial charge in [-0.05, 0) is 51.6 Å². The first-order chi connectivity index (χ1) is 18.9. The predicted molar refractivity (Wildman–Crippen MR) is 152 cm³/mol. The number of likely N-dealkylation sites (tertiary alicyclic amines) is 2. The van der Waals surface area contributed by atoms with E-state index in [-0.39, 0.29) is 29.7 Å². The van der Waals surface area contributed by atoms with Gasteiger partial charge in [-0.15, -0.1) is 11.3 Å². The Balaban J connectivity index is 1.42. The predicted octanol–water partition coefficient (Wildman–Crippen LogP) is 3.37. The summed E-state index contributed by atoms with van der Waals surface area (Å²) in [7, 11) is 1.73. The van der Waals surface area contributed by atoms with Crippen LogP contribution in [0.25, 0.3) is 21.5 Å². The topological polar surface area (TPSA) is 108 Å². The van der Waals surface area contributed by atoms with Crippen molar-refractivity contribution < 1.29 is 14.4 Å². The van der Waals surface area contributed by atoms with Crippen molar-refractivity contribution >= 4 is 39.3 Å². The summed E-state index contributed by atoms with van der Waals surface area (Å²) >= 11 is 1.61. The average molecular weight is 549 g/mol. The lowest BCUT2D eigenvalue weighted by Gasteiger charge is -2.38. The second kappa shape index (κ2) is 11.8. The van der Waals surface area contributed by atoms with Gasteiger partial charge >= 0.3 is 0 Å². The molecule has 0 unspecified atom stereocenters. The molecule has 0 saturated carbocycles. The number of hydrogen-bond acceptors (Lipinski definition) is 7. The first-order valence-corrected chi connectivity index (χ1v) is 14.5. The largest absolute Gasteiger partial charge is 0.343 e. The number of thiazole rings is 1. The van der Waals surface area contributed by atoms with Gasteiger partial charge in [-0.3, -0.25) is 19.4 Å². The van der Waals surface area contributed by atoms with Gasteiger partial charge in [0.25, 0.3) is 0 Å². The summed E-state index contributed by atoms with van der Waals surface area (Å²) in [6, 6.07) is 10.8. The Morgan fingerprint density at radius 2 is 1.79 bits per heavy atom. The number of rotatable bonds is 7. The molecule has 9 nitrogen and oxygen atoms in total. The molecule has 0 radical (unpaired) electrons. The third kappa shape index (κ3) is 5.67. The lowest BCUT2D eigenvalue weighted by molar-refractivity contribution is -0.140. The number of piperidine rings is 1. The molecule has 10 heteroatoms. The van der Waals surface area contributed by atoms with Gasteiger partial charge in [0.05, 0.1) is 22.5 Å². The van der Waals surface area contributed by atoms with E-state index in [4.69, 9.17) is 4.98 Å². The Bertz CT molecular complexity index is 1340. The number of fused-ring (bicyclic) bond motifs is 1. The summed E-state index contributed by atoms with van der Waals surface area (Å²) in [5.74, 6) is -0.245. The highest BCUT2D eigenvalue weighted by molar-refractivity contribution is 7.18. The van der Waals surface area contributed by atoms with Crippen molar-refractivity contribution in [3.05, 3.63) is 47.6 Å². The lowest BCUT2D eigenvalue weighted by atomic mass is 9.88. The van der Waals surface area contributed by atoms with Crippen LogP contribution in [0.3, 0.4) is 0 Å². The van der Waals surface area contributed by atoms with Gasteiger partial charge < -0.3 is 20.4 Å². The van der Waals surface area contributed by atoms with Crippen molar-refractivity contribution in [1.29, 1.82) is 0 Å². The zero-order chi connectivity index (χ0) is 27.5. The van der Waals surface area contributed by atoms with Crippen molar-refractivity contribution in [3.63, 3.8) is 0 Å². The fourth-order valence-electron chi connectivity index (χ4n) is 5.63. The van der Waals surface area contributed by atoms with Crippen LogP contribution < -0.4 is 10.6 Å². The maximum Gasteiger partial charge on any atom is 0.246 e. The molecular weight excluding hydrogens is 512 g/mol. The minimum Gasteiger partial charge on any atom is -0.343 e. The summed E-state index contributed by atoms with van der Waals surface area (Å²) in [4.78, 5) is 52.4. The molecule has 5 rings (SSSR count). The Morgan fingerprint density at radius 3 is 2.49 bits per heavy atom. The summed E-state index contributed by atoms with van der Waals surface area (Å²) in [5.41, 5.74) is 2.71. The maximum atomic E-state index is 14.2. The van der Waals surface area contributed by atoms with E-state index in [0.29, 0.717) is 32.5 Å². The van der Waals surface area contributed by atoms with Gasteiger partial charge in [-0.25, -0.2) is 4.98 Å². The number of benzene rings is 1. The van der Waals surface area contributed by atoms with Crippen LogP contribution in [-0.4, -0.2) is 76.3 Å². The van der Waals surface area contributed by atoms with Gasteiger partial charge in [-0.1, -0.05) is 30.3 Å². The number of amides is 3. The van der Waals surface area contributed by atoms with Gasteiger partial charge in [-0.2, -0.15) is 0 Å². The van der Waals surface area contributed by atoms with E-state index in [1.54, 1.807) is 32.2 Å². The molecule has 0 aliphatic carbocycles. The molecule has 2 N–H and O–H groups in total. The Labute approximate surface area is 233 Å². The van der Waals surface area contributed by atoms with Crippen LogP contribution in [0.4, 0.5) is 0 Å². The molecule has 39 heavy (non-hydrogen) atoms. The van der Waals surface area contributed by atoms with Crippen LogP contribution in [0.2, 0.25) is 0 Å². The monoisotopic (exact) mass is 548 g/mol. The van der Waals surface area contributed by atoms with Crippen molar-refractivity contribution in [1.82, 2.24) is 30.4 Å². The van der Waals surface area contributed by atoms with E-state index in [9.17, 15) is 14.4 Å². The van der Waals surface area contributed by atoms with Gasteiger partial charge in [0.2, 0.25) is 17.7 Å². The molecule has 3 atom stereocenters. The number of nitrogens with zero attached hydrogens (tertiary/aromatic N) is 4. The first kappa shape index (κ1) is 27.2.